The third-order valence-electron chi connectivity index (χ3n) is 4.08. The fraction of sp³-hybridized carbons (Fsp3) is 0.929. The van der Waals surface area contributed by atoms with Gasteiger partial charge in [-0.05, 0) is 31.6 Å². The average molecular weight is 302 g/mol. The highest BCUT2D eigenvalue weighted by molar-refractivity contribution is 9.09. The number of nitrogens with one attached hydrogen (secondary N) is 1. The third kappa shape index (κ3) is 4.61. The van der Waals surface area contributed by atoms with Crippen molar-refractivity contribution in [2.24, 2.45) is 11.8 Å². The number of hydrogen-bond acceptors (Lipinski definition) is 1. The Morgan fingerprint density at radius 3 is 2.24 bits per heavy atom. The smallest absolute Gasteiger partial charge is 0.223 e. The monoisotopic (exact) mass is 301 g/mol. The van der Waals surface area contributed by atoms with E-state index in [1.807, 2.05) is 0 Å². The number of hydrogen-bond donors (Lipinski definition) is 1. The van der Waals surface area contributed by atoms with Crippen molar-refractivity contribution in [1.29, 1.82) is 0 Å². The molecule has 2 rings (SSSR count). The molecule has 0 spiro atoms. The minimum atomic E-state index is 0.286. The third-order valence-corrected chi connectivity index (χ3v) is 5.15. The van der Waals surface area contributed by atoms with Crippen LogP contribution in [0.25, 0.3) is 0 Å². The first-order valence-electron chi connectivity index (χ1n) is 7.19. The van der Waals surface area contributed by atoms with E-state index in [4.69, 9.17) is 0 Å². The predicted octanol–water partition coefficient (Wildman–Crippen LogP) is 3.64. The molecule has 3 heteroatoms. The van der Waals surface area contributed by atoms with E-state index in [1.165, 1.54) is 44.9 Å². The summed E-state index contributed by atoms with van der Waals surface area (Å²) in [4.78, 5) is 12.6. The molecule has 2 saturated carbocycles. The summed E-state index contributed by atoms with van der Waals surface area (Å²) in [5.41, 5.74) is 0. The largest absolute Gasteiger partial charge is 0.355 e. The Labute approximate surface area is 113 Å². The van der Waals surface area contributed by atoms with Crippen LogP contribution in [0.1, 0.15) is 57.8 Å². The number of rotatable bonds is 4. The van der Waals surface area contributed by atoms with Gasteiger partial charge in [-0.15, -0.1) is 0 Å². The normalized spacial score (nSPS) is 24.8. The van der Waals surface area contributed by atoms with Gasteiger partial charge >= 0.3 is 0 Å². The Balaban J connectivity index is 1.69. The zero-order valence-electron chi connectivity index (χ0n) is 10.6. The van der Waals surface area contributed by atoms with Crippen molar-refractivity contribution in [2.75, 3.05) is 6.54 Å². The molecule has 2 nitrogen and oxygen atoms in total. The molecule has 0 aromatic heterocycles. The van der Waals surface area contributed by atoms with Crippen molar-refractivity contribution in [2.45, 2.75) is 62.6 Å². The molecular weight excluding hydrogens is 278 g/mol. The van der Waals surface area contributed by atoms with Crippen molar-refractivity contribution < 1.29 is 4.79 Å². The number of amides is 1. The van der Waals surface area contributed by atoms with Gasteiger partial charge in [0.05, 0.1) is 0 Å². The number of halogens is 1. The highest BCUT2D eigenvalue weighted by Crippen LogP contribution is 2.36. The van der Waals surface area contributed by atoms with Crippen molar-refractivity contribution in [3.8, 4) is 0 Å². The summed E-state index contributed by atoms with van der Waals surface area (Å²) in [7, 11) is 0. The van der Waals surface area contributed by atoms with Crippen LogP contribution < -0.4 is 5.32 Å². The molecule has 0 saturated heterocycles. The highest BCUT2D eigenvalue weighted by atomic mass is 79.9. The van der Waals surface area contributed by atoms with Crippen LogP contribution in [0.4, 0.5) is 0 Å². The van der Waals surface area contributed by atoms with Crippen molar-refractivity contribution in [1.82, 2.24) is 5.32 Å². The minimum Gasteiger partial charge on any atom is -0.355 e. The second-order valence-electron chi connectivity index (χ2n) is 5.64. The standard InChI is InChI=1S/C14H24BrNO/c15-13(11-8-9-11)10-16-14(17)12-6-4-2-1-3-5-7-12/h11-13H,1-10H2,(H,16,17). The fourth-order valence-electron chi connectivity index (χ4n) is 2.69. The van der Waals surface area contributed by atoms with Gasteiger partial charge in [-0.1, -0.05) is 48.0 Å². The Morgan fingerprint density at radius 1 is 1.06 bits per heavy atom. The summed E-state index contributed by atoms with van der Waals surface area (Å²) in [5.74, 6) is 1.40. The fourth-order valence-corrected chi connectivity index (χ4v) is 3.38. The lowest BCUT2D eigenvalue weighted by Crippen LogP contribution is -2.35. The molecule has 1 amide bonds. The van der Waals surface area contributed by atoms with E-state index in [0.29, 0.717) is 10.7 Å². The van der Waals surface area contributed by atoms with E-state index in [0.717, 1.165) is 25.3 Å². The van der Waals surface area contributed by atoms with Crippen molar-refractivity contribution in [3.63, 3.8) is 0 Å². The topological polar surface area (TPSA) is 29.1 Å². The van der Waals surface area contributed by atoms with E-state index < -0.39 is 0 Å². The molecule has 2 aliphatic rings. The lowest BCUT2D eigenvalue weighted by molar-refractivity contribution is -0.125. The lowest BCUT2D eigenvalue weighted by Gasteiger charge is -2.20. The van der Waals surface area contributed by atoms with Gasteiger partial charge in [0.25, 0.3) is 0 Å². The van der Waals surface area contributed by atoms with Crippen molar-refractivity contribution >= 4 is 21.8 Å². The van der Waals surface area contributed by atoms with Gasteiger partial charge in [0.15, 0.2) is 0 Å². The molecule has 0 aliphatic heterocycles. The van der Waals surface area contributed by atoms with Crippen LogP contribution in [0, 0.1) is 11.8 Å². The van der Waals surface area contributed by atoms with Gasteiger partial charge in [-0.25, -0.2) is 0 Å². The Hall–Kier alpha value is -0.0500. The van der Waals surface area contributed by atoms with Crippen LogP contribution in [0.5, 0.6) is 0 Å². The summed E-state index contributed by atoms with van der Waals surface area (Å²) in [6.07, 6.45) is 11.3. The van der Waals surface area contributed by atoms with Crippen LogP contribution in [0.15, 0.2) is 0 Å². The first-order valence-corrected chi connectivity index (χ1v) is 8.10. The van der Waals surface area contributed by atoms with Gasteiger partial charge in [-0.2, -0.15) is 0 Å². The van der Waals surface area contributed by atoms with Crippen LogP contribution in [0.2, 0.25) is 0 Å². The van der Waals surface area contributed by atoms with Crippen LogP contribution >= 0.6 is 15.9 Å². The van der Waals surface area contributed by atoms with Gasteiger partial charge in [0, 0.05) is 17.3 Å². The molecule has 0 aromatic rings. The maximum absolute atomic E-state index is 12.1. The molecule has 17 heavy (non-hydrogen) atoms. The van der Waals surface area contributed by atoms with Crippen LogP contribution in [-0.2, 0) is 4.79 Å². The summed E-state index contributed by atoms with van der Waals surface area (Å²) in [6, 6.07) is 0. The molecule has 1 N–H and O–H groups in total. The van der Waals surface area contributed by atoms with Gasteiger partial charge in [0.1, 0.15) is 0 Å². The lowest BCUT2D eigenvalue weighted by atomic mass is 9.90. The van der Waals surface area contributed by atoms with E-state index >= 15 is 0 Å². The quantitative estimate of drug-likeness (QED) is 0.789. The van der Waals surface area contributed by atoms with Crippen LogP contribution in [-0.4, -0.2) is 17.3 Å². The molecule has 0 aromatic carbocycles. The average Bonchev–Trinajstić information content (AvgIpc) is 3.08. The number of carbonyl (C=O) groups is 1. The minimum absolute atomic E-state index is 0.286. The summed E-state index contributed by atoms with van der Waals surface area (Å²) in [6.45, 7) is 0.819. The molecule has 2 fully saturated rings. The SMILES string of the molecule is O=C(NCC(Br)C1CC1)C1CCCCCCC1. The van der Waals surface area contributed by atoms with Gasteiger partial charge in [0.2, 0.25) is 5.91 Å². The molecule has 0 radical (unpaired) electrons. The zero-order valence-corrected chi connectivity index (χ0v) is 12.2. The van der Waals surface area contributed by atoms with Crippen molar-refractivity contribution in [3.05, 3.63) is 0 Å². The molecule has 0 bridgehead atoms. The Kier molecular flexibility index (Phi) is 5.33. The maximum atomic E-state index is 12.1. The molecular formula is C14H24BrNO. The second kappa shape index (κ2) is 6.77. The second-order valence-corrected chi connectivity index (χ2v) is 6.82. The number of carbonyl (C=O) groups excluding carboxylic acids is 1. The first-order chi connectivity index (χ1) is 8.27. The molecule has 2 aliphatic carbocycles. The summed E-state index contributed by atoms with van der Waals surface area (Å²) in [5, 5.41) is 3.14. The summed E-state index contributed by atoms with van der Waals surface area (Å²) >= 11 is 3.67. The Bertz CT molecular complexity index is 245. The highest BCUT2D eigenvalue weighted by Gasteiger charge is 2.30. The Morgan fingerprint density at radius 2 is 1.65 bits per heavy atom. The molecule has 98 valence electrons. The predicted molar refractivity (Wildman–Crippen MR) is 74.3 cm³/mol. The number of alkyl halides is 1. The van der Waals surface area contributed by atoms with E-state index in [9.17, 15) is 4.79 Å². The molecule has 0 heterocycles. The van der Waals surface area contributed by atoms with E-state index in [1.54, 1.807) is 0 Å². The van der Waals surface area contributed by atoms with E-state index in [2.05, 4.69) is 21.2 Å². The maximum Gasteiger partial charge on any atom is 0.223 e. The molecule has 1 unspecified atom stereocenters. The molecule has 1 atom stereocenters. The zero-order chi connectivity index (χ0) is 12.1. The first kappa shape index (κ1) is 13.4. The van der Waals surface area contributed by atoms with Crippen LogP contribution in [0.3, 0.4) is 0 Å². The summed E-state index contributed by atoms with van der Waals surface area (Å²) < 4.78 is 0. The van der Waals surface area contributed by atoms with Gasteiger partial charge in [-0.3, -0.25) is 4.79 Å². The van der Waals surface area contributed by atoms with E-state index in [-0.39, 0.29) is 5.92 Å². The van der Waals surface area contributed by atoms with Gasteiger partial charge < -0.3 is 5.32 Å².